The third kappa shape index (κ3) is 3.47. The lowest BCUT2D eigenvalue weighted by Crippen LogP contribution is -2.30. The molecule has 0 radical (unpaired) electrons. The van der Waals surface area contributed by atoms with Gasteiger partial charge >= 0.3 is 12.1 Å². The van der Waals surface area contributed by atoms with Gasteiger partial charge in [-0.15, -0.1) is 0 Å². The number of hydrogen-bond acceptors (Lipinski definition) is 2. The Kier molecular flexibility index (Phi) is 4.13. The number of carboxylic acid groups (broad SMARTS) is 1. The lowest BCUT2D eigenvalue weighted by Gasteiger charge is -2.25. The van der Waals surface area contributed by atoms with Crippen molar-refractivity contribution in [1.82, 2.24) is 0 Å². The van der Waals surface area contributed by atoms with Crippen LogP contribution in [-0.2, 0) is 4.79 Å². The molecular formula is C13H9ClF4O3. The number of fused-ring (bicyclic) bond motifs is 1. The molecule has 1 N–H and O–H groups in total. The van der Waals surface area contributed by atoms with Gasteiger partial charge in [-0.3, -0.25) is 4.79 Å². The van der Waals surface area contributed by atoms with Gasteiger partial charge in [0.15, 0.2) is 0 Å². The van der Waals surface area contributed by atoms with Crippen LogP contribution in [0.2, 0.25) is 5.02 Å². The molecule has 1 aromatic rings. The Morgan fingerprint density at radius 2 is 2.10 bits per heavy atom. The van der Waals surface area contributed by atoms with E-state index in [1.54, 1.807) is 0 Å². The number of aliphatic carboxylic acids is 1. The largest absolute Gasteiger partial charge is 0.488 e. The van der Waals surface area contributed by atoms with Crippen molar-refractivity contribution in [3.8, 4) is 5.75 Å². The normalized spacial score (nSPS) is 15.8. The first-order valence-corrected chi connectivity index (χ1v) is 6.17. The number of hydrogen-bond donors (Lipinski definition) is 1. The highest BCUT2D eigenvalue weighted by molar-refractivity contribution is 6.30. The van der Waals surface area contributed by atoms with E-state index in [9.17, 15) is 22.4 Å². The number of halogens is 5. The van der Waals surface area contributed by atoms with E-state index in [4.69, 9.17) is 21.4 Å². The second kappa shape index (κ2) is 5.55. The van der Waals surface area contributed by atoms with Gasteiger partial charge in [-0.05, 0) is 17.7 Å². The summed E-state index contributed by atoms with van der Waals surface area (Å²) in [6.07, 6.45) is -4.66. The third-order valence-corrected chi connectivity index (χ3v) is 3.30. The minimum atomic E-state index is -4.71. The fourth-order valence-electron chi connectivity index (χ4n) is 2.02. The van der Waals surface area contributed by atoms with Gasteiger partial charge in [0, 0.05) is 11.6 Å². The topological polar surface area (TPSA) is 46.5 Å². The van der Waals surface area contributed by atoms with Gasteiger partial charge in [0.1, 0.15) is 18.2 Å². The minimum Gasteiger partial charge on any atom is -0.488 e. The van der Waals surface area contributed by atoms with E-state index in [2.05, 4.69) is 0 Å². The summed E-state index contributed by atoms with van der Waals surface area (Å²) < 4.78 is 57.1. The van der Waals surface area contributed by atoms with Gasteiger partial charge in [0.05, 0.1) is 17.4 Å². The Balaban J connectivity index is 2.41. The summed E-state index contributed by atoms with van der Waals surface area (Å²) in [7, 11) is 0. The quantitative estimate of drug-likeness (QED) is 0.858. The van der Waals surface area contributed by atoms with Gasteiger partial charge in [-0.1, -0.05) is 11.6 Å². The van der Waals surface area contributed by atoms with Crippen LogP contribution in [0.3, 0.4) is 0 Å². The van der Waals surface area contributed by atoms with Crippen LogP contribution >= 0.6 is 11.6 Å². The van der Waals surface area contributed by atoms with E-state index in [1.807, 2.05) is 0 Å². The molecule has 0 bridgehead atoms. The van der Waals surface area contributed by atoms with Crippen LogP contribution in [0.4, 0.5) is 17.6 Å². The Morgan fingerprint density at radius 3 is 2.67 bits per heavy atom. The summed E-state index contributed by atoms with van der Waals surface area (Å²) in [6.45, 7) is -0.453. The maximum absolute atomic E-state index is 13.2. The average Bonchev–Trinajstić information content (AvgIpc) is 2.35. The number of ether oxygens (including phenoxy) is 1. The van der Waals surface area contributed by atoms with Crippen molar-refractivity contribution in [1.29, 1.82) is 0 Å². The molecule has 21 heavy (non-hydrogen) atoms. The molecule has 1 atom stereocenters. The highest BCUT2D eigenvalue weighted by atomic mass is 35.5. The summed E-state index contributed by atoms with van der Waals surface area (Å²) in [5, 5.41) is 8.36. The zero-order valence-corrected chi connectivity index (χ0v) is 11.1. The number of benzene rings is 1. The van der Waals surface area contributed by atoms with Crippen molar-refractivity contribution in [2.75, 3.05) is 6.61 Å². The molecule has 114 valence electrons. The first-order chi connectivity index (χ1) is 9.68. The molecule has 0 fully saturated rings. The lowest BCUT2D eigenvalue weighted by molar-refractivity contribution is -0.174. The fourth-order valence-corrected chi connectivity index (χ4v) is 2.19. The van der Waals surface area contributed by atoms with Crippen LogP contribution < -0.4 is 4.74 Å². The van der Waals surface area contributed by atoms with Gasteiger partial charge in [0.2, 0.25) is 0 Å². The molecule has 1 aliphatic rings. The fraction of sp³-hybridized carbons (Fsp3) is 0.308. The minimum absolute atomic E-state index is 0.0666. The molecule has 0 spiro atoms. The van der Waals surface area contributed by atoms with Crippen molar-refractivity contribution in [3.05, 3.63) is 34.1 Å². The molecule has 8 heteroatoms. The van der Waals surface area contributed by atoms with Crippen molar-refractivity contribution < 1.29 is 32.2 Å². The number of rotatable bonds is 3. The van der Waals surface area contributed by atoms with E-state index >= 15 is 0 Å². The van der Waals surface area contributed by atoms with Gasteiger partial charge in [-0.2, -0.15) is 13.2 Å². The molecule has 0 saturated heterocycles. The molecule has 1 unspecified atom stereocenters. The molecule has 1 heterocycles. The molecule has 0 aliphatic carbocycles. The Bertz CT molecular complexity index is 610. The number of alkyl halides is 3. The molecule has 1 aromatic carbocycles. The zero-order chi connectivity index (χ0) is 15.8. The summed E-state index contributed by atoms with van der Waals surface area (Å²) in [4.78, 5) is 10.6. The lowest BCUT2D eigenvalue weighted by atomic mass is 9.92. The second-order valence-corrected chi connectivity index (χ2v) is 4.91. The number of carbonyl (C=O) groups is 1. The van der Waals surface area contributed by atoms with Crippen LogP contribution in [0.1, 0.15) is 12.0 Å². The number of carboxylic acids is 1. The highest BCUT2D eigenvalue weighted by Gasteiger charge is 2.44. The molecular weight excluding hydrogens is 316 g/mol. The van der Waals surface area contributed by atoms with Gasteiger partial charge < -0.3 is 9.84 Å². The molecule has 3 nitrogen and oxygen atoms in total. The summed E-state index contributed by atoms with van der Waals surface area (Å²) in [5.41, 5.74) is -0.0534. The Labute approximate surface area is 121 Å². The smallest absolute Gasteiger partial charge is 0.396 e. The van der Waals surface area contributed by atoms with E-state index in [-0.39, 0.29) is 21.9 Å². The predicted octanol–water partition coefficient (Wildman–Crippen LogP) is 3.91. The van der Waals surface area contributed by atoms with Gasteiger partial charge in [0.25, 0.3) is 0 Å². The summed E-state index contributed by atoms with van der Waals surface area (Å²) >= 11 is 5.57. The van der Waals surface area contributed by atoms with Crippen LogP contribution in [0.5, 0.6) is 5.75 Å². The highest BCUT2D eigenvalue weighted by Crippen LogP contribution is 2.39. The molecule has 2 rings (SSSR count). The van der Waals surface area contributed by atoms with Crippen LogP contribution in [0, 0.1) is 11.7 Å². The van der Waals surface area contributed by atoms with Gasteiger partial charge in [-0.25, -0.2) is 4.39 Å². The monoisotopic (exact) mass is 324 g/mol. The van der Waals surface area contributed by atoms with E-state index < -0.39 is 36.9 Å². The van der Waals surface area contributed by atoms with Crippen LogP contribution in [0.25, 0.3) is 6.08 Å². The molecule has 0 aromatic heterocycles. The summed E-state index contributed by atoms with van der Waals surface area (Å²) in [5.74, 6) is -4.41. The predicted molar refractivity (Wildman–Crippen MR) is 66.7 cm³/mol. The Hall–Kier alpha value is -1.76. The molecule has 0 saturated carbocycles. The third-order valence-electron chi connectivity index (χ3n) is 3.01. The van der Waals surface area contributed by atoms with Crippen molar-refractivity contribution in [2.45, 2.75) is 12.6 Å². The van der Waals surface area contributed by atoms with Crippen molar-refractivity contribution in [2.24, 2.45) is 5.92 Å². The SMILES string of the molecule is O=C(O)CC(C1=Cc2cc(Cl)c(F)cc2OC1)C(F)(F)F. The first kappa shape index (κ1) is 15.6. The summed E-state index contributed by atoms with van der Waals surface area (Å²) in [6, 6.07) is 2.12. The van der Waals surface area contributed by atoms with E-state index in [1.165, 1.54) is 0 Å². The van der Waals surface area contributed by atoms with E-state index in [0.29, 0.717) is 0 Å². The maximum atomic E-state index is 13.2. The standard InChI is InChI=1S/C13H9ClF4O3/c14-9-2-6-1-7(5-21-11(6)4-10(9)15)8(3-12(19)20)13(16,17)18/h1-2,4,8H,3,5H2,(H,19,20). The van der Waals surface area contributed by atoms with E-state index in [0.717, 1.165) is 18.2 Å². The molecule has 1 aliphatic heterocycles. The van der Waals surface area contributed by atoms with Crippen LogP contribution in [0.15, 0.2) is 17.7 Å². The second-order valence-electron chi connectivity index (χ2n) is 4.50. The van der Waals surface area contributed by atoms with Crippen LogP contribution in [-0.4, -0.2) is 23.9 Å². The van der Waals surface area contributed by atoms with Crippen molar-refractivity contribution >= 4 is 23.6 Å². The molecule has 0 amide bonds. The Morgan fingerprint density at radius 1 is 1.43 bits per heavy atom. The first-order valence-electron chi connectivity index (χ1n) is 5.79. The maximum Gasteiger partial charge on any atom is 0.396 e. The zero-order valence-electron chi connectivity index (χ0n) is 10.4. The van der Waals surface area contributed by atoms with Crippen molar-refractivity contribution in [3.63, 3.8) is 0 Å². The average molecular weight is 325 g/mol.